The molecule has 1 amide bonds. The van der Waals surface area contributed by atoms with Gasteiger partial charge in [-0.2, -0.15) is 5.10 Å². The van der Waals surface area contributed by atoms with Crippen LogP contribution in [-0.4, -0.2) is 52.0 Å². The molecule has 1 atom stereocenters. The Balaban J connectivity index is 1.48. The van der Waals surface area contributed by atoms with E-state index in [0.29, 0.717) is 30.4 Å². The molecule has 0 spiro atoms. The van der Waals surface area contributed by atoms with Gasteiger partial charge < -0.3 is 14.4 Å². The number of benzene rings is 2. The molecule has 2 heterocycles. The Bertz CT molecular complexity index is 1110. The second-order valence-electron chi connectivity index (χ2n) is 7.58. The van der Waals surface area contributed by atoms with Gasteiger partial charge in [-0.15, -0.1) is 0 Å². The summed E-state index contributed by atoms with van der Waals surface area (Å²) in [7, 11) is 3.24. The van der Waals surface area contributed by atoms with Crippen LogP contribution in [0, 0.1) is 0 Å². The maximum atomic E-state index is 12.8. The normalized spacial score (nSPS) is 16.2. The lowest BCUT2D eigenvalue weighted by molar-refractivity contribution is -0.134. The zero-order valence-corrected chi connectivity index (χ0v) is 17.7. The number of piperidine rings is 1. The van der Waals surface area contributed by atoms with Gasteiger partial charge in [0.15, 0.2) is 6.61 Å². The maximum Gasteiger partial charge on any atom is 0.350 e. The van der Waals surface area contributed by atoms with Crippen LogP contribution >= 0.6 is 0 Å². The van der Waals surface area contributed by atoms with Gasteiger partial charge in [0, 0.05) is 32.1 Å². The number of hydrogen-bond donors (Lipinski definition) is 0. The number of methoxy groups -OCH3 is 1. The van der Waals surface area contributed by atoms with Crippen LogP contribution < -0.4 is 15.2 Å². The number of carbonyl (C=O) groups excluding carboxylic acids is 1. The Kier molecular flexibility index (Phi) is 6.06. The molecule has 2 aromatic carbocycles. The van der Waals surface area contributed by atoms with Gasteiger partial charge in [-0.05, 0) is 37.1 Å². The number of nitrogens with zero attached hydrogens (tertiary/aromatic N) is 4. The monoisotopic (exact) mass is 422 g/mol. The summed E-state index contributed by atoms with van der Waals surface area (Å²) in [4.78, 5) is 27.3. The van der Waals surface area contributed by atoms with Crippen molar-refractivity contribution in [1.29, 1.82) is 0 Å². The van der Waals surface area contributed by atoms with E-state index in [2.05, 4.69) is 5.10 Å². The maximum absolute atomic E-state index is 12.8. The summed E-state index contributed by atoms with van der Waals surface area (Å²) in [5, 5.41) is 4.50. The van der Waals surface area contributed by atoms with E-state index in [0.717, 1.165) is 18.5 Å². The lowest BCUT2D eigenvalue weighted by atomic mass is 9.97. The van der Waals surface area contributed by atoms with Crippen LogP contribution in [0.1, 0.15) is 24.6 Å². The summed E-state index contributed by atoms with van der Waals surface area (Å²) < 4.78 is 13.9. The molecule has 1 aromatic heterocycles. The molecule has 8 nitrogen and oxygen atoms in total. The van der Waals surface area contributed by atoms with E-state index in [1.807, 2.05) is 42.5 Å². The van der Waals surface area contributed by atoms with Crippen molar-refractivity contribution in [1.82, 2.24) is 19.2 Å². The van der Waals surface area contributed by atoms with E-state index >= 15 is 0 Å². The Hall–Kier alpha value is -3.55. The summed E-state index contributed by atoms with van der Waals surface area (Å²) in [6.45, 7) is 1.12. The van der Waals surface area contributed by atoms with Crippen LogP contribution in [0.2, 0.25) is 0 Å². The fourth-order valence-corrected chi connectivity index (χ4v) is 3.91. The third-order valence-corrected chi connectivity index (χ3v) is 5.51. The van der Waals surface area contributed by atoms with E-state index in [1.165, 1.54) is 4.68 Å². The fraction of sp³-hybridized carbons (Fsp3) is 0.348. The lowest BCUT2D eigenvalue weighted by Gasteiger charge is -2.32. The minimum absolute atomic E-state index is 0.0244. The lowest BCUT2D eigenvalue weighted by Crippen LogP contribution is -2.42. The molecule has 8 heteroatoms. The molecule has 4 rings (SSSR count). The highest BCUT2D eigenvalue weighted by atomic mass is 16.5. The number of carbonyl (C=O) groups is 1. The van der Waals surface area contributed by atoms with Gasteiger partial charge in [0.05, 0.1) is 12.8 Å². The van der Waals surface area contributed by atoms with Crippen molar-refractivity contribution in [3.8, 4) is 17.2 Å². The van der Waals surface area contributed by atoms with Gasteiger partial charge >= 0.3 is 5.69 Å². The van der Waals surface area contributed by atoms with E-state index in [4.69, 9.17) is 9.47 Å². The highest BCUT2D eigenvalue weighted by molar-refractivity contribution is 5.78. The van der Waals surface area contributed by atoms with Crippen molar-refractivity contribution in [3.05, 3.63) is 70.9 Å². The van der Waals surface area contributed by atoms with Crippen molar-refractivity contribution < 1.29 is 14.3 Å². The van der Waals surface area contributed by atoms with Gasteiger partial charge in [0.2, 0.25) is 0 Å². The minimum Gasteiger partial charge on any atom is -0.497 e. The summed E-state index contributed by atoms with van der Waals surface area (Å²) >= 11 is 0. The molecule has 0 aliphatic carbocycles. The predicted octanol–water partition coefficient (Wildman–Crippen LogP) is 2.36. The molecule has 3 aromatic rings. The summed E-state index contributed by atoms with van der Waals surface area (Å²) in [5.74, 6) is 1.84. The Morgan fingerprint density at radius 1 is 1.13 bits per heavy atom. The van der Waals surface area contributed by atoms with Crippen LogP contribution in [0.3, 0.4) is 0 Å². The van der Waals surface area contributed by atoms with Crippen molar-refractivity contribution in [2.75, 3.05) is 26.8 Å². The fourth-order valence-electron chi connectivity index (χ4n) is 3.91. The number of para-hydroxylation sites is 1. The molecule has 0 saturated carbocycles. The molecule has 1 fully saturated rings. The average molecular weight is 422 g/mol. The van der Waals surface area contributed by atoms with Crippen molar-refractivity contribution in [2.45, 2.75) is 18.8 Å². The molecule has 1 aliphatic rings. The quantitative estimate of drug-likeness (QED) is 0.609. The van der Waals surface area contributed by atoms with Crippen LogP contribution in [-0.2, 0) is 11.8 Å². The SMILES string of the molecule is COc1cccc(OCC(=O)N2CCCC(c3nn(C)c(=O)n3-c3ccccc3)C2)c1. The first kappa shape index (κ1) is 20.7. The molecule has 31 heavy (non-hydrogen) atoms. The molecule has 1 saturated heterocycles. The van der Waals surface area contributed by atoms with Gasteiger partial charge in [-0.25, -0.2) is 14.0 Å². The highest BCUT2D eigenvalue weighted by Gasteiger charge is 2.29. The zero-order chi connectivity index (χ0) is 21.8. The van der Waals surface area contributed by atoms with E-state index in [-0.39, 0.29) is 24.1 Å². The molecule has 162 valence electrons. The number of aryl methyl sites for hydroxylation is 1. The topological polar surface area (TPSA) is 78.6 Å². The number of rotatable bonds is 6. The average Bonchev–Trinajstić information content (AvgIpc) is 3.12. The van der Waals surface area contributed by atoms with E-state index < -0.39 is 0 Å². The van der Waals surface area contributed by atoms with Crippen molar-refractivity contribution in [3.63, 3.8) is 0 Å². The number of likely N-dealkylation sites (tertiary alicyclic amines) is 1. The third-order valence-electron chi connectivity index (χ3n) is 5.51. The molecule has 0 bridgehead atoms. The van der Waals surface area contributed by atoms with Gasteiger partial charge in [0.25, 0.3) is 5.91 Å². The van der Waals surface area contributed by atoms with Gasteiger partial charge in [-0.1, -0.05) is 24.3 Å². The summed E-state index contributed by atoms with van der Waals surface area (Å²) in [6.07, 6.45) is 1.71. The van der Waals surface area contributed by atoms with E-state index in [1.54, 1.807) is 35.8 Å². The van der Waals surface area contributed by atoms with Crippen LogP contribution in [0.25, 0.3) is 5.69 Å². The van der Waals surface area contributed by atoms with Gasteiger partial charge in [-0.3, -0.25) is 4.79 Å². The van der Waals surface area contributed by atoms with Crippen LogP contribution in [0.15, 0.2) is 59.4 Å². The van der Waals surface area contributed by atoms with Crippen LogP contribution in [0.4, 0.5) is 0 Å². The second-order valence-corrected chi connectivity index (χ2v) is 7.58. The first-order valence-corrected chi connectivity index (χ1v) is 10.3. The van der Waals surface area contributed by atoms with Crippen LogP contribution in [0.5, 0.6) is 11.5 Å². The van der Waals surface area contributed by atoms with E-state index in [9.17, 15) is 9.59 Å². The first-order valence-electron chi connectivity index (χ1n) is 10.3. The van der Waals surface area contributed by atoms with Crippen molar-refractivity contribution in [2.24, 2.45) is 7.05 Å². The molecule has 0 N–H and O–H groups in total. The Morgan fingerprint density at radius 3 is 2.68 bits per heavy atom. The largest absolute Gasteiger partial charge is 0.497 e. The molecular formula is C23H26N4O4. The minimum atomic E-state index is -0.189. The molecule has 1 aliphatic heterocycles. The Labute approximate surface area is 180 Å². The smallest absolute Gasteiger partial charge is 0.350 e. The molecular weight excluding hydrogens is 396 g/mol. The number of hydrogen-bond acceptors (Lipinski definition) is 5. The first-order chi connectivity index (χ1) is 15.1. The third kappa shape index (κ3) is 4.47. The molecule has 0 radical (unpaired) electrons. The van der Waals surface area contributed by atoms with Gasteiger partial charge in [0.1, 0.15) is 17.3 Å². The summed E-state index contributed by atoms with van der Waals surface area (Å²) in [6, 6.07) is 16.7. The predicted molar refractivity (Wildman–Crippen MR) is 116 cm³/mol. The summed E-state index contributed by atoms with van der Waals surface area (Å²) in [5.41, 5.74) is 0.589. The second kappa shape index (κ2) is 9.07. The number of amides is 1. The highest BCUT2D eigenvalue weighted by Crippen LogP contribution is 2.27. The standard InChI is InChI=1S/C23H26N4O4/c1-25-23(29)27(18-9-4-3-5-10-18)22(24-25)17-8-7-13-26(15-17)21(28)16-31-20-12-6-11-19(14-20)30-2/h3-6,9-12,14,17H,7-8,13,15-16H2,1-2H3. The molecule has 1 unspecified atom stereocenters. The number of aromatic nitrogens is 3. The number of ether oxygens (including phenoxy) is 2. The zero-order valence-electron chi connectivity index (χ0n) is 17.7. The van der Waals surface area contributed by atoms with Crippen molar-refractivity contribution >= 4 is 5.91 Å². The Morgan fingerprint density at radius 2 is 1.90 bits per heavy atom.